The van der Waals surface area contributed by atoms with E-state index in [1.165, 1.54) is 0 Å². The van der Waals surface area contributed by atoms with E-state index in [4.69, 9.17) is 14.0 Å². The SMILES string of the molecule is CC1(C)OB(c2cccc(NC(=O)OCc3ccccc3)c2)OC1(C)C. The Hall–Kier alpha value is -2.31. The first-order valence-electron chi connectivity index (χ1n) is 8.70. The maximum atomic E-state index is 12.0. The standard InChI is InChI=1S/C20H24BNO4/c1-19(2)20(3,4)26-21(25-19)16-11-8-12-17(13-16)22-18(23)24-14-15-9-6-5-7-10-15/h5-13H,14H2,1-4H3,(H,22,23). The molecule has 1 fully saturated rings. The van der Waals surface area contributed by atoms with Gasteiger partial charge in [0.2, 0.25) is 0 Å². The van der Waals surface area contributed by atoms with Crippen molar-refractivity contribution >= 4 is 24.4 Å². The van der Waals surface area contributed by atoms with Crippen molar-refractivity contribution in [2.24, 2.45) is 0 Å². The zero-order valence-corrected chi connectivity index (χ0v) is 15.6. The van der Waals surface area contributed by atoms with Crippen LogP contribution >= 0.6 is 0 Å². The van der Waals surface area contributed by atoms with Crippen molar-refractivity contribution < 1.29 is 18.8 Å². The van der Waals surface area contributed by atoms with E-state index in [0.29, 0.717) is 5.69 Å². The Balaban J connectivity index is 1.62. The maximum absolute atomic E-state index is 12.0. The Labute approximate surface area is 154 Å². The van der Waals surface area contributed by atoms with E-state index >= 15 is 0 Å². The first kappa shape index (κ1) is 18.5. The number of amides is 1. The summed E-state index contributed by atoms with van der Waals surface area (Å²) in [5, 5.41) is 2.75. The summed E-state index contributed by atoms with van der Waals surface area (Å²) < 4.78 is 17.3. The van der Waals surface area contributed by atoms with Crippen molar-refractivity contribution in [1.29, 1.82) is 0 Å². The normalized spacial score (nSPS) is 17.8. The molecule has 2 aromatic carbocycles. The predicted molar refractivity (Wildman–Crippen MR) is 102 cm³/mol. The van der Waals surface area contributed by atoms with Gasteiger partial charge in [-0.15, -0.1) is 0 Å². The van der Waals surface area contributed by atoms with Crippen LogP contribution in [0.4, 0.5) is 10.5 Å². The van der Waals surface area contributed by atoms with Gasteiger partial charge in [-0.1, -0.05) is 42.5 Å². The number of hydrogen-bond acceptors (Lipinski definition) is 4. The summed E-state index contributed by atoms with van der Waals surface area (Å²) in [6.07, 6.45) is -0.500. The van der Waals surface area contributed by atoms with Gasteiger partial charge in [0, 0.05) is 5.69 Å². The van der Waals surface area contributed by atoms with Gasteiger partial charge in [0.15, 0.2) is 0 Å². The van der Waals surface area contributed by atoms with Crippen LogP contribution in [0.1, 0.15) is 33.3 Å². The minimum atomic E-state index is -0.500. The largest absolute Gasteiger partial charge is 0.494 e. The topological polar surface area (TPSA) is 56.8 Å². The minimum absolute atomic E-state index is 0.226. The molecule has 6 heteroatoms. The van der Waals surface area contributed by atoms with Gasteiger partial charge in [-0.3, -0.25) is 5.32 Å². The van der Waals surface area contributed by atoms with Crippen LogP contribution in [0, 0.1) is 0 Å². The van der Waals surface area contributed by atoms with E-state index in [9.17, 15) is 4.79 Å². The monoisotopic (exact) mass is 353 g/mol. The van der Waals surface area contributed by atoms with E-state index in [0.717, 1.165) is 11.0 Å². The first-order chi connectivity index (χ1) is 12.3. The van der Waals surface area contributed by atoms with Crippen molar-refractivity contribution in [3.63, 3.8) is 0 Å². The second kappa shape index (κ2) is 7.13. The van der Waals surface area contributed by atoms with E-state index in [1.54, 1.807) is 6.07 Å². The summed E-state index contributed by atoms with van der Waals surface area (Å²) in [6, 6.07) is 17.0. The number of carbonyl (C=O) groups is 1. The predicted octanol–water partition coefficient (Wildman–Crippen LogP) is 3.73. The average Bonchev–Trinajstić information content (AvgIpc) is 2.82. The van der Waals surface area contributed by atoms with Crippen molar-refractivity contribution in [3.05, 3.63) is 60.2 Å². The van der Waals surface area contributed by atoms with Crippen LogP contribution in [-0.2, 0) is 20.7 Å². The third-order valence-electron chi connectivity index (χ3n) is 4.87. The maximum Gasteiger partial charge on any atom is 0.494 e. The van der Waals surface area contributed by atoms with Crippen molar-refractivity contribution in [2.45, 2.75) is 45.5 Å². The second-order valence-electron chi connectivity index (χ2n) is 7.40. The molecule has 0 unspecified atom stereocenters. The molecule has 0 spiro atoms. The van der Waals surface area contributed by atoms with Gasteiger partial charge in [0.25, 0.3) is 0 Å². The number of carbonyl (C=O) groups excluding carboxylic acids is 1. The highest BCUT2D eigenvalue weighted by Gasteiger charge is 2.51. The molecule has 0 atom stereocenters. The Morgan fingerprint density at radius 3 is 2.31 bits per heavy atom. The number of hydrogen-bond donors (Lipinski definition) is 1. The smallest absolute Gasteiger partial charge is 0.444 e. The molecule has 1 aliphatic rings. The van der Waals surface area contributed by atoms with Crippen LogP contribution in [0.5, 0.6) is 0 Å². The van der Waals surface area contributed by atoms with Gasteiger partial charge in [-0.25, -0.2) is 4.79 Å². The molecule has 0 aromatic heterocycles. The molecule has 2 aromatic rings. The summed E-state index contributed by atoms with van der Waals surface area (Å²) in [4.78, 5) is 12.0. The minimum Gasteiger partial charge on any atom is -0.444 e. The molecular formula is C20H24BNO4. The van der Waals surface area contributed by atoms with E-state index in [1.807, 2.05) is 76.2 Å². The molecule has 5 nitrogen and oxygen atoms in total. The lowest BCUT2D eigenvalue weighted by atomic mass is 9.79. The number of rotatable bonds is 4. The third-order valence-corrected chi connectivity index (χ3v) is 4.87. The third kappa shape index (κ3) is 4.08. The highest BCUT2D eigenvalue weighted by molar-refractivity contribution is 6.62. The van der Waals surface area contributed by atoms with E-state index in [2.05, 4.69) is 5.32 Å². The molecule has 0 saturated carbocycles. The lowest BCUT2D eigenvalue weighted by Gasteiger charge is -2.32. The van der Waals surface area contributed by atoms with Gasteiger partial charge in [0.05, 0.1) is 11.2 Å². The molecule has 136 valence electrons. The van der Waals surface area contributed by atoms with Crippen LogP contribution in [0.25, 0.3) is 0 Å². The summed E-state index contributed by atoms with van der Waals surface area (Å²) >= 11 is 0. The molecule has 0 aliphatic carbocycles. The summed E-state index contributed by atoms with van der Waals surface area (Å²) in [7, 11) is -0.470. The quantitative estimate of drug-likeness (QED) is 0.851. The van der Waals surface area contributed by atoms with Crippen LogP contribution in [-0.4, -0.2) is 24.4 Å². The lowest BCUT2D eigenvalue weighted by Crippen LogP contribution is -2.41. The van der Waals surface area contributed by atoms with Gasteiger partial charge >= 0.3 is 13.2 Å². The van der Waals surface area contributed by atoms with E-state index in [-0.39, 0.29) is 6.61 Å². The zero-order chi connectivity index (χ0) is 18.8. The molecule has 1 N–H and O–H groups in total. The summed E-state index contributed by atoms with van der Waals surface area (Å²) in [6.45, 7) is 8.27. The zero-order valence-electron chi connectivity index (χ0n) is 15.6. The molecule has 3 rings (SSSR count). The number of anilines is 1. The van der Waals surface area contributed by atoms with Crippen LogP contribution in [0.3, 0.4) is 0 Å². The van der Waals surface area contributed by atoms with Gasteiger partial charge in [-0.05, 0) is 50.9 Å². The Morgan fingerprint density at radius 1 is 1.00 bits per heavy atom. The average molecular weight is 353 g/mol. The van der Waals surface area contributed by atoms with Crippen molar-refractivity contribution in [1.82, 2.24) is 0 Å². The first-order valence-corrected chi connectivity index (χ1v) is 8.70. The van der Waals surface area contributed by atoms with Crippen LogP contribution in [0.15, 0.2) is 54.6 Å². The number of benzene rings is 2. The molecule has 1 aliphatic heterocycles. The number of ether oxygens (including phenoxy) is 1. The van der Waals surface area contributed by atoms with Gasteiger partial charge < -0.3 is 14.0 Å². The summed E-state index contributed by atoms with van der Waals surface area (Å²) in [5.74, 6) is 0. The lowest BCUT2D eigenvalue weighted by molar-refractivity contribution is 0.00578. The highest BCUT2D eigenvalue weighted by Crippen LogP contribution is 2.36. The fourth-order valence-corrected chi connectivity index (χ4v) is 2.62. The molecule has 26 heavy (non-hydrogen) atoms. The van der Waals surface area contributed by atoms with Gasteiger partial charge in [0.1, 0.15) is 6.61 Å². The number of nitrogens with one attached hydrogen (secondary N) is 1. The Kier molecular flexibility index (Phi) is 5.07. The molecule has 1 amide bonds. The molecule has 1 saturated heterocycles. The Morgan fingerprint density at radius 2 is 1.65 bits per heavy atom. The second-order valence-corrected chi connectivity index (χ2v) is 7.40. The Bertz CT molecular complexity index is 760. The fourth-order valence-electron chi connectivity index (χ4n) is 2.62. The molecular weight excluding hydrogens is 329 g/mol. The fraction of sp³-hybridized carbons (Fsp3) is 0.350. The van der Waals surface area contributed by atoms with Gasteiger partial charge in [-0.2, -0.15) is 0 Å². The van der Waals surface area contributed by atoms with Crippen LogP contribution < -0.4 is 10.8 Å². The van der Waals surface area contributed by atoms with Crippen LogP contribution in [0.2, 0.25) is 0 Å². The van der Waals surface area contributed by atoms with Crippen molar-refractivity contribution in [2.75, 3.05) is 5.32 Å². The van der Waals surface area contributed by atoms with E-state index < -0.39 is 24.4 Å². The highest BCUT2D eigenvalue weighted by atomic mass is 16.7. The summed E-state index contributed by atoms with van der Waals surface area (Å²) in [5.41, 5.74) is 1.61. The molecule has 1 heterocycles. The van der Waals surface area contributed by atoms with Crippen molar-refractivity contribution in [3.8, 4) is 0 Å². The molecule has 0 bridgehead atoms. The molecule has 0 radical (unpaired) electrons.